The molecule has 4 atom stereocenters. The molecule has 0 aliphatic carbocycles. The Bertz CT molecular complexity index is 1160. The second-order valence-electron chi connectivity index (χ2n) is 8.85. The standard InChI is InChI=1S/C25H35N5O7S2/c1-38-9-7-16(26)22(33)28-18(8-10-39-2)23(34)29-19(24(35)30-20(25(36)37)12-21(31)32)11-14-13-27-17-6-4-3-5-15(14)17/h3-6,13,16,18-20,27H,7-12,26H2,1-2H3,(H,28,33)(H,29,34)(H,30,35)(H,31,32)(H,36,37). The van der Waals surface area contributed by atoms with E-state index in [9.17, 15) is 29.1 Å². The van der Waals surface area contributed by atoms with Gasteiger partial charge in [0.15, 0.2) is 0 Å². The Balaban J connectivity index is 2.30. The minimum Gasteiger partial charge on any atom is -0.481 e. The molecule has 12 nitrogen and oxygen atoms in total. The molecule has 0 spiro atoms. The lowest BCUT2D eigenvalue weighted by Gasteiger charge is -2.25. The molecule has 39 heavy (non-hydrogen) atoms. The number of rotatable bonds is 17. The summed E-state index contributed by atoms with van der Waals surface area (Å²) in [5.74, 6) is -3.71. The van der Waals surface area contributed by atoms with E-state index >= 15 is 0 Å². The molecule has 0 bridgehead atoms. The highest BCUT2D eigenvalue weighted by Gasteiger charge is 2.31. The molecule has 0 aliphatic heterocycles. The van der Waals surface area contributed by atoms with Crippen LogP contribution in [0.4, 0.5) is 0 Å². The summed E-state index contributed by atoms with van der Waals surface area (Å²) >= 11 is 3.02. The van der Waals surface area contributed by atoms with E-state index in [2.05, 4.69) is 20.9 Å². The zero-order valence-electron chi connectivity index (χ0n) is 21.8. The number of thioether (sulfide) groups is 2. The highest BCUT2D eigenvalue weighted by atomic mass is 32.2. The predicted molar refractivity (Wildman–Crippen MR) is 152 cm³/mol. The van der Waals surface area contributed by atoms with Crippen molar-refractivity contribution in [3.63, 3.8) is 0 Å². The van der Waals surface area contributed by atoms with E-state index in [-0.39, 0.29) is 12.8 Å². The van der Waals surface area contributed by atoms with Crippen LogP contribution in [0.3, 0.4) is 0 Å². The first-order chi connectivity index (χ1) is 18.6. The first kappa shape index (κ1) is 32.0. The number of carbonyl (C=O) groups excluding carboxylic acids is 3. The fourth-order valence-electron chi connectivity index (χ4n) is 3.81. The van der Waals surface area contributed by atoms with Gasteiger partial charge in [0.25, 0.3) is 0 Å². The summed E-state index contributed by atoms with van der Waals surface area (Å²) in [5, 5.41) is 26.8. The molecule has 0 saturated heterocycles. The summed E-state index contributed by atoms with van der Waals surface area (Å²) in [6.45, 7) is 0. The lowest BCUT2D eigenvalue weighted by Crippen LogP contribution is -2.58. The van der Waals surface area contributed by atoms with E-state index in [1.807, 2.05) is 36.8 Å². The van der Waals surface area contributed by atoms with E-state index in [0.29, 0.717) is 23.5 Å². The van der Waals surface area contributed by atoms with Crippen molar-refractivity contribution in [2.75, 3.05) is 24.0 Å². The maximum Gasteiger partial charge on any atom is 0.326 e. The van der Waals surface area contributed by atoms with Crippen LogP contribution in [0.25, 0.3) is 10.9 Å². The average Bonchev–Trinajstić information content (AvgIpc) is 3.30. The number of carboxylic acid groups (broad SMARTS) is 2. The van der Waals surface area contributed by atoms with Crippen molar-refractivity contribution in [3.8, 4) is 0 Å². The number of nitrogens with one attached hydrogen (secondary N) is 4. The van der Waals surface area contributed by atoms with E-state index in [0.717, 1.165) is 10.9 Å². The van der Waals surface area contributed by atoms with Crippen LogP contribution in [0, 0.1) is 0 Å². The third kappa shape index (κ3) is 10.1. The first-order valence-electron chi connectivity index (χ1n) is 12.2. The average molecular weight is 582 g/mol. The first-order valence-corrected chi connectivity index (χ1v) is 15.0. The van der Waals surface area contributed by atoms with Crippen LogP contribution >= 0.6 is 23.5 Å². The smallest absolute Gasteiger partial charge is 0.326 e. The highest BCUT2D eigenvalue weighted by molar-refractivity contribution is 7.98. The number of aromatic amines is 1. The summed E-state index contributed by atoms with van der Waals surface area (Å²) in [4.78, 5) is 65.0. The molecule has 0 aliphatic rings. The van der Waals surface area contributed by atoms with Crippen molar-refractivity contribution in [1.29, 1.82) is 0 Å². The third-order valence-corrected chi connectivity index (χ3v) is 7.23. The Kier molecular flexibility index (Phi) is 13.1. The van der Waals surface area contributed by atoms with E-state index in [4.69, 9.17) is 10.8 Å². The molecule has 1 aromatic carbocycles. The van der Waals surface area contributed by atoms with E-state index in [1.165, 1.54) is 11.8 Å². The lowest BCUT2D eigenvalue weighted by atomic mass is 10.0. The minimum atomic E-state index is -1.70. The molecule has 1 heterocycles. The molecular weight excluding hydrogens is 546 g/mol. The molecule has 14 heteroatoms. The van der Waals surface area contributed by atoms with E-state index < -0.39 is 60.2 Å². The van der Waals surface area contributed by atoms with Crippen LogP contribution < -0.4 is 21.7 Å². The van der Waals surface area contributed by atoms with Gasteiger partial charge in [0.05, 0.1) is 12.5 Å². The minimum absolute atomic E-state index is 0.0164. The number of H-pyrrole nitrogens is 1. The van der Waals surface area contributed by atoms with Gasteiger partial charge in [-0.05, 0) is 48.5 Å². The number of nitrogens with two attached hydrogens (primary N) is 1. The molecular formula is C25H35N5O7S2. The number of carboxylic acids is 2. The van der Waals surface area contributed by atoms with Gasteiger partial charge in [-0.3, -0.25) is 19.2 Å². The normalized spacial score (nSPS) is 14.1. The molecule has 8 N–H and O–H groups in total. The number of carbonyl (C=O) groups is 5. The Morgan fingerprint density at radius 2 is 1.46 bits per heavy atom. The second kappa shape index (κ2) is 16.0. The number of hydrogen-bond donors (Lipinski definition) is 7. The fourth-order valence-corrected chi connectivity index (χ4v) is 4.77. The summed E-state index contributed by atoms with van der Waals surface area (Å²) in [6, 6.07) is 2.58. The van der Waals surface area contributed by atoms with Gasteiger partial charge in [-0.1, -0.05) is 18.2 Å². The number of para-hydroxylation sites is 1. The molecule has 1 aromatic heterocycles. The van der Waals surface area contributed by atoms with Gasteiger partial charge >= 0.3 is 11.9 Å². The maximum atomic E-state index is 13.3. The van der Waals surface area contributed by atoms with Crippen molar-refractivity contribution >= 4 is 64.1 Å². The van der Waals surface area contributed by atoms with E-state index in [1.54, 1.807) is 18.0 Å². The second-order valence-corrected chi connectivity index (χ2v) is 10.8. The fraction of sp³-hybridized carbons (Fsp3) is 0.480. The van der Waals surface area contributed by atoms with Crippen molar-refractivity contribution in [3.05, 3.63) is 36.0 Å². The number of amides is 3. The Labute approximate surface area is 234 Å². The van der Waals surface area contributed by atoms with Crippen LogP contribution in [0.2, 0.25) is 0 Å². The summed E-state index contributed by atoms with van der Waals surface area (Å²) in [5.41, 5.74) is 7.45. The molecule has 214 valence electrons. The Hall–Kier alpha value is -3.23. The largest absolute Gasteiger partial charge is 0.481 e. The molecule has 2 aromatic rings. The van der Waals surface area contributed by atoms with Gasteiger partial charge in [0.2, 0.25) is 17.7 Å². The molecule has 0 saturated carbocycles. The van der Waals surface area contributed by atoms with Crippen molar-refractivity contribution < 1.29 is 34.2 Å². The Morgan fingerprint density at radius 3 is 2.10 bits per heavy atom. The van der Waals surface area contributed by atoms with Crippen LogP contribution in [0.15, 0.2) is 30.5 Å². The van der Waals surface area contributed by atoms with Crippen LogP contribution in [-0.4, -0.2) is 93.0 Å². The topological polar surface area (TPSA) is 204 Å². The van der Waals surface area contributed by atoms with Crippen LogP contribution in [0.1, 0.15) is 24.8 Å². The maximum absolute atomic E-state index is 13.3. The highest BCUT2D eigenvalue weighted by Crippen LogP contribution is 2.19. The number of aliphatic carboxylic acids is 2. The van der Waals surface area contributed by atoms with Gasteiger partial charge in [-0.2, -0.15) is 23.5 Å². The van der Waals surface area contributed by atoms with Crippen molar-refractivity contribution in [2.24, 2.45) is 5.73 Å². The van der Waals surface area contributed by atoms with Gasteiger partial charge in [0.1, 0.15) is 18.1 Å². The zero-order valence-corrected chi connectivity index (χ0v) is 23.4. The predicted octanol–water partition coefficient (Wildman–Crippen LogP) is 0.558. The molecule has 0 radical (unpaired) electrons. The molecule has 2 rings (SSSR count). The Morgan fingerprint density at radius 1 is 0.872 bits per heavy atom. The number of aromatic nitrogens is 1. The van der Waals surface area contributed by atoms with Gasteiger partial charge in [-0.25, -0.2) is 4.79 Å². The van der Waals surface area contributed by atoms with Crippen LogP contribution in [0.5, 0.6) is 0 Å². The van der Waals surface area contributed by atoms with Gasteiger partial charge in [-0.15, -0.1) is 0 Å². The lowest BCUT2D eigenvalue weighted by molar-refractivity contribution is -0.147. The summed E-state index contributed by atoms with van der Waals surface area (Å²) in [6.07, 6.45) is 5.27. The molecule has 3 amide bonds. The number of hydrogen-bond acceptors (Lipinski definition) is 8. The van der Waals surface area contributed by atoms with Gasteiger partial charge in [0, 0.05) is 23.5 Å². The van der Waals surface area contributed by atoms with Crippen molar-refractivity contribution in [1.82, 2.24) is 20.9 Å². The molecule has 0 fully saturated rings. The monoisotopic (exact) mass is 581 g/mol. The quantitative estimate of drug-likeness (QED) is 0.138. The zero-order chi connectivity index (χ0) is 28.9. The summed E-state index contributed by atoms with van der Waals surface area (Å²) in [7, 11) is 0. The number of fused-ring (bicyclic) bond motifs is 1. The van der Waals surface area contributed by atoms with Crippen LogP contribution in [-0.2, 0) is 30.4 Å². The SMILES string of the molecule is CSCCC(N)C(=O)NC(CCSC)C(=O)NC(Cc1c[nH]c2ccccc12)C(=O)NC(CC(=O)O)C(=O)O. The number of benzene rings is 1. The molecule has 4 unspecified atom stereocenters. The summed E-state index contributed by atoms with van der Waals surface area (Å²) < 4.78 is 0. The third-order valence-electron chi connectivity index (χ3n) is 5.94. The van der Waals surface area contributed by atoms with Crippen molar-refractivity contribution in [2.45, 2.75) is 49.9 Å². The van der Waals surface area contributed by atoms with Gasteiger partial charge < -0.3 is 36.9 Å².